The summed E-state index contributed by atoms with van der Waals surface area (Å²) in [5, 5.41) is 2.74. The number of aromatic nitrogens is 1. The van der Waals surface area contributed by atoms with Crippen LogP contribution in [0.2, 0.25) is 0 Å². The number of ether oxygens (including phenoxy) is 1. The van der Waals surface area contributed by atoms with E-state index >= 15 is 0 Å². The van der Waals surface area contributed by atoms with E-state index in [0.717, 1.165) is 24.0 Å². The highest BCUT2D eigenvalue weighted by atomic mass is 16.5. The van der Waals surface area contributed by atoms with Crippen LogP contribution in [0.25, 0.3) is 0 Å². The molecule has 4 aliphatic rings. The molecule has 5 amide bonds. The van der Waals surface area contributed by atoms with Crippen LogP contribution in [0.15, 0.2) is 67.0 Å². The van der Waals surface area contributed by atoms with E-state index in [1.165, 1.54) is 4.90 Å². The van der Waals surface area contributed by atoms with Gasteiger partial charge in [-0.2, -0.15) is 0 Å². The van der Waals surface area contributed by atoms with Crippen molar-refractivity contribution in [3.05, 3.63) is 94.8 Å². The van der Waals surface area contributed by atoms with Gasteiger partial charge >= 0.3 is 0 Å². The van der Waals surface area contributed by atoms with E-state index < -0.39 is 29.7 Å². The second-order valence-corrected chi connectivity index (χ2v) is 13.0. The normalized spacial score (nSPS) is 23.5. The second kappa shape index (κ2) is 13.2. The molecule has 248 valence electrons. The largest absolute Gasteiger partial charge is 0.488 e. The molecule has 11 heteroatoms. The van der Waals surface area contributed by atoms with Gasteiger partial charge in [-0.05, 0) is 55.2 Å². The summed E-state index contributed by atoms with van der Waals surface area (Å²) in [6.45, 7) is 1.26. The molecule has 3 aromatic rings. The molecule has 1 saturated carbocycles. The molecule has 1 aliphatic carbocycles. The predicted octanol–water partition coefficient (Wildman–Crippen LogP) is 3.65. The molecule has 1 N–H and O–H groups in total. The quantitative estimate of drug-likeness (QED) is 0.387. The summed E-state index contributed by atoms with van der Waals surface area (Å²) in [7, 11) is 1.60. The molecular weight excluding hydrogens is 610 g/mol. The highest BCUT2D eigenvalue weighted by Crippen LogP contribution is 2.42. The van der Waals surface area contributed by atoms with Gasteiger partial charge in [0.15, 0.2) is 0 Å². The number of rotatable bonds is 7. The van der Waals surface area contributed by atoms with E-state index in [1.54, 1.807) is 65.6 Å². The van der Waals surface area contributed by atoms with Gasteiger partial charge in [0.1, 0.15) is 11.9 Å². The summed E-state index contributed by atoms with van der Waals surface area (Å²) in [6.07, 6.45) is 7.03. The Kier molecular flexibility index (Phi) is 8.68. The second-order valence-electron chi connectivity index (χ2n) is 13.0. The van der Waals surface area contributed by atoms with Crippen LogP contribution in [0.1, 0.15) is 80.3 Å². The number of carbonyl (C=O) groups excluding carboxylic acids is 5. The SMILES string of the molecule is CNC(=O)[C@H]1CCCC[C@H]1C(=O)N1CCc2cccc(OC3CCN(C(=O)c4cccnc4)C3)c2[C@H]1CN1C(=O)c2ccccc2C1=O. The number of nitrogens with zero attached hydrogens (tertiary/aromatic N) is 4. The van der Waals surface area contributed by atoms with Crippen LogP contribution in [0, 0.1) is 11.8 Å². The molecule has 7 rings (SSSR count). The topological polar surface area (TPSA) is 129 Å². The van der Waals surface area contributed by atoms with Gasteiger partial charge in [0.05, 0.1) is 35.8 Å². The Morgan fingerprint density at radius 1 is 0.896 bits per heavy atom. The number of imide groups is 1. The van der Waals surface area contributed by atoms with Crippen LogP contribution in [0.3, 0.4) is 0 Å². The summed E-state index contributed by atoms with van der Waals surface area (Å²) in [5.74, 6) is -1.55. The predicted molar refractivity (Wildman–Crippen MR) is 175 cm³/mol. The van der Waals surface area contributed by atoms with Crippen LogP contribution >= 0.6 is 0 Å². The first-order chi connectivity index (χ1) is 23.4. The maximum Gasteiger partial charge on any atom is 0.261 e. The van der Waals surface area contributed by atoms with Crippen LogP contribution in [-0.2, 0) is 16.0 Å². The molecule has 1 unspecified atom stereocenters. The zero-order valence-corrected chi connectivity index (χ0v) is 27.0. The lowest BCUT2D eigenvalue weighted by Gasteiger charge is -2.43. The van der Waals surface area contributed by atoms with Gasteiger partial charge in [0.25, 0.3) is 17.7 Å². The molecule has 1 aromatic heterocycles. The van der Waals surface area contributed by atoms with E-state index in [-0.39, 0.29) is 30.4 Å². The van der Waals surface area contributed by atoms with E-state index in [4.69, 9.17) is 4.74 Å². The van der Waals surface area contributed by atoms with Crippen molar-refractivity contribution in [3.8, 4) is 5.75 Å². The number of hydrogen-bond acceptors (Lipinski definition) is 7. The van der Waals surface area contributed by atoms with Crippen molar-refractivity contribution >= 4 is 29.5 Å². The Balaban J connectivity index is 1.21. The third-order valence-corrected chi connectivity index (χ3v) is 10.3. The molecule has 4 heterocycles. The van der Waals surface area contributed by atoms with Gasteiger partial charge in [-0.1, -0.05) is 37.1 Å². The van der Waals surface area contributed by atoms with Crippen molar-refractivity contribution < 1.29 is 28.7 Å². The van der Waals surface area contributed by atoms with Gasteiger partial charge < -0.3 is 19.9 Å². The first-order valence-electron chi connectivity index (χ1n) is 16.8. The van der Waals surface area contributed by atoms with Gasteiger partial charge in [0.2, 0.25) is 11.8 Å². The van der Waals surface area contributed by atoms with E-state index in [9.17, 15) is 24.0 Å². The van der Waals surface area contributed by atoms with Crippen LogP contribution in [0.5, 0.6) is 5.75 Å². The number of likely N-dealkylation sites (tertiary alicyclic amines) is 1. The number of amides is 5. The number of hydrogen-bond donors (Lipinski definition) is 1. The lowest BCUT2D eigenvalue weighted by Crippen LogP contribution is -2.51. The minimum atomic E-state index is -0.679. The first kappa shape index (κ1) is 31.5. The number of nitrogens with one attached hydrogen (secondary N) is 1. The van der Waals surface area contributed by atoms with Crippen LogP contribution in [-0.4, -0.2) is 88.6 Å². The van der Waals surface area contributed by atoms with Crippen LogP contribution in [0.4, 0.5) is 0 Å². The molecule has 2 aromatic carbocycles. The summed E-state index contributed by atoms with van der Waals surface area (Å²) < 4.78 is 6.65. The summed E-state index contributed by atoms with van der Waals surface area (Å²) in [6, 6.07) is 15.3. The number of carbonyl (C=O) groups is 5. The molecule has 2 fully saturated rings. The number of fused-ring (bicyclic) bond motifs is 2. The van der Waals surface area contributed by atoms with Crippen molar-refractivity contribution in [2.75, 3.05) is 33.2 Å². The minimum Gasteiger partial charge on any atom is -0.488 e. The standard InChI is InChI=1S/C37H39N5O6/c1-38-33(43)26-10-2-3-11-27(26)35(45)41-19-15-23-8-6-14-31(48-25-16-18-40(21-25)34(44)24-9-7-17-39-20-24)32(23)30(41)22-42-36(46)28-12-4-5-13-29(28)37(42)47/h4-9,12-14,17,20,25-27,30H,2-3,10-11,15-16,18-19,21-22H2,1H3,(H,38,43)/t25?,26-,27+,30+/m0/s1. The number of pyridine rings is 1. The fraction of sp³-hybridized carbons (Fsp3) is 0.405. The van der Waals surface area contributed by atoms with Crippen molar-refractivity contribution in [3.63, 3.8) is 0 Å². The van der Waals surface area contributed by atoms with E-state index in [0.29, 0.717) is 67.8 Å². The molecule has 3 aliphatic heterocycles. The monoisotopic (exact) mass is 649 g/mol. The Morgan fingerprint density at radius 2 is 1.65 bits per heavy atom. The Bertz CT molecular complexity index is 1730. The molecular formula is C37H39N5O6. The molecule has 0 bridgehead atoms. The molecule has 4 atom stereocenters. The fourth-order valence-corrected chi connectivity index (χ4v) is 7.87. The van der Waals surface area contributed by atoms with Crippen molar-refractivity contribution in [1.29, 1.82) is 0 Å². The number of benzene rings is 2. The molecule has 0 spiro atoms. The third-order valence-electron chi connectivity index (χ3n) is 10.3. The summed E-state index contributed by atoms with van der Waals surface area (Å²) in [5.41, 5.74) is 2.95. The zero-order valence-electron chi connectivity index (χ0n) is 27.0. The van der Waals surface area contributed by atoms with E-state index in [2.05, 4.69) is 10.3 Å². The van der Waals surface area contributed by atoms with Crippen molar-refractivity contribution in [1.82, 2.24) is 25.0 Å². The van der Waals surface area contributed by atoms with Gasteiger partial charge in [-0.15, -0.1) is 0 Å². The van der Waals surface area contributed by atoms with Crippen molar-refractivity contribution in [2.45, 2.75) is 50.7 Å². The minimum absolute atomic E-state index is 0.0426. The lowest BCUT2D eigenvalue weighted by atomic mass is 9.77. The molecule has 11 nitrogen and oxygen atoms in total. The highest BCUT2D eigenvalue weighted by Gasteiger charge is 2.45. The summed E-state index contributed by atoms with van der Waals surface area (Å²) in [4.78, 5) is 76.6. The molecule has 0 radical (unpaired) electrons. The zero-order chi connectivity index (χ0) is 33.4. The maximum atomic E-state index is 14.5. The smallest absolute Gasteiger partial charge is 0.261 e. The Morgan fingerprint density at radius 3 is 2.35 bits per heavy atom. The van der Waals surface area contributed by atoms with Gasteiger partial charge in [-0.3, -0.25) is 33.9 Å². The molecule has 1 saturated heterocycles. The van der Waals surface area contributed by atoms with Gasteiger partial charge in [-0.25, -0.2) is 0 Å². The fourth-order valence-electron chi connectivity index (χ4n) is 7.87. The van der Waals surface area contributed by atoms with Crippen LogP contribution < -0.4 is 10.1 Å². The molecule has 48 heavy (non-hydrogen) atoms. The van der Waals surface area contributed by atoms with Gasteiger partial charge in [0, 0.05) is 56.4 Å². The van der Waals surface area contributed by atoms with Crippen molar-refractivity contribution in [2.24, 2.45) is 11.8 Å². The maximum absolute atomic E-state index is 14.5. The average molecular weight is 650 g/mol. The Hall–Kier alpha value is -5.06. The Labute approximate surface area is 279 Å². The van der Waals surface area contributed by atoms with E-state index in [1.807, 2.05) is 18.2 Å². The lowest BCUT2D eigenvalue weighted by molar-refractivity contribution is -0.146. The third kappa shape index (κ3) is 5.71. The average Bonchev–Trinajstić information content (AvgIpc) is 3.69. The highest BCUT2D eigenvalue weighted by molar-refractivity contribution is 6.21. The first-order valence-corrected chi connectivity index (χ1v) is 16.8. The summed E-state index contributed by atoms with van der Waals surface area (Å²) >= 11 is 0.